The van der Waals surface area contributed by atoms with Gasteiger partial charge in [0.15, 0.2) is 0 Å². The Labute approximate surface area is 125 Å². The van der Waals surface area contributed by atoms with E-state index in [0.29, 0.717) is 6.04 Å². The van der Waals surface area contributed by atoms with Crippen molar-refractivity contribution in [1.29, 1.82) is 0 Å². The van der Waals surface area contributed by atoms with Gasteiger partial charge in [0, 0.05) is 29.2 Å². The fraction of sp³-hybridized carbons (Fsp3) is 0.471. The number of halogens is 1. The molecule has 3 heteroatoms. The van der Waals surface area contributed by atoms with E-state index in [9.17, 15) is 0 Å². The number of pyridine rings is 1. The molecule has 0 unspecified atom stereocenters. The minimum Gasteiger partial charge on any atom is -0.310 e. The van der Waals surface area contributed by atoms with Crippen molar-refractivity contribution in [2.45, 2.75) is 51.1 Å². The molecular weight excluding hydrogens is 268 g/mol. The van der Waals surface area contributed by atoms with E-state index in [-0.39, 0.29) is 0 Å². The number of aromatic nitrogens is 1. The summed E-state index contributed by atoms with van der Waals surface area (Å²) >= 11 is 6.24. The Hall–Kier alpha value is -1.12. The molecule has 0 bridgehead atoms. The molecule has 0 atom stereocenters. The first-order chi connectivity index (χ1) is 9.84. The zero-order chi connectivity index (χ0) is 13.8. The summed E-state index contributed by atoms with van der Waals surface area (Å²) < 4.78 is 0. The van der Waals surface area contributed by atoms with Crippen LogP contribution in [-0.2, 0) is 6.54 Å². The van der Waals surface area contributed by atoms with Crippen molar-refractivity contribution in [2.75, 3.05) is 0 Å². The van der Waals surface area contributed by atoms with Crippen molar-refractivity contribution in [3.8, 4) is 0 Å². The van der Waals surface area contributed by atoms with Gasteiger partial charge in [-0.05, 0) is 36.6 Å². The Morgan fingerprint density at radius 2 is 1.90 bits per heavy atom. The predicted octanol–water partition coefficient (Wildman–Crippen LogP) is 4.70. The van der Waals surface area contributed by atoms with Crippen LogP contribution in [0.3, 0.4) is 0 Å². The molecule has 0 amide bonds. The molecule has 106 valence electrons. The first-order valence-electron chi connectivity index (χ1n) is 7.60. The molecular formula is C17H21ClN2. The van der Waals surface area contributed by atoms with Gasteiger partial charge in [-0.3, -0.25) is 4.98 Å². The van der Waals surface area contributed by atoms with Crippen molar-refractivity contribution < 1.29 is 0 Å². The van der Waals surface area contributed by atoms with E-state index >= 15 is 0 Å². The third-order valence-corrected chi connectivity index (χ3v) is 4.57. The second-order valence-electron chi connectivity index (χ2n) is 5.68. The van der Waals surface area contributed by atoms with Crippen LogP contribution >= 0.6 is 11.6 Å². The predicted molar refractivity (Wildman–Crippen MR) is 85.1 cm³/mol. The summed E-state index contributed by atoms with van der Waals surface area (Å²) in [7, 11) is 0. The highest BCUT2D eigenvalue weighted by molar-refractivity contribution is 6.35. The van der Waals surface area contributed by atoms with Crippen molar-refractivity contribution >= 4 is 22.5 Å². The van der Waals surface area contributed by atoms with Crippen molar-refractivity contribution in [2.24, 2.45) is 0 Å². The van der Waals surface area contributed by atoms with E-state index < -0.39 is 0 Å². The second-order valence-corrected chi connectivity index (χ2v) is 6.08. The van der Waals surface area contributed by atoms with E-state index in [1.165, 1.54) is 44.1 Å². The molecule has 1 N–H and O–H groups in total. The molecule has 0 radical (unpaired) electrons. The molecule has 1 aromatic carbocycles. The van der Waals surface area contributed by atoms with E-state index in [1.807, 2.05) is 24.4 Å². The molecule has 2 aromatic rings. The van der Waals surface area contributed by atoms with Gasteiger partial charge in [-0.1, -0.05) is 43.4 Å². The lowest BCUT2D eigenvalue weighted by Crippen LogP contribution is -2.28. The summed E-state index contributed by atoms with van der Waals surface area (Å²) in [6.45, 7) is 0.884. The van der Waals surface area contributed by atoms with E-state index in [1.54, 1.807) is 0 Å². The maximum Gasteiger partial charge on any atom is 0.0761 e. The number of hydrogen-bond acceptors (Lipinski definition) is 2. The van der Waals surface area contributed by atoms with Crippen LogP contribution in [0.4, 0.5) is 0 Å². The monoisotopic (exact) mass is 288 g/mol. The van der Waals surface area contributed by atoms with E-state index in [4.69, 9.17) is 11.6 Å². The van der Waals surface area contributed by atoms with Gasteiger partial charge in [0.2, 0.25) is 0 Å². The Bertz CT molecular complexity index is 574. The van der Waals surface area contributed by atoms with Gasteiger partial charge < -0.3 is 5.32 Å². The number of nitrogens with zero attached hydrogens (tertiary/aromatic N) is 1. The van der Waals surface area contributed by atoms with Crippen molar-refractivity contribution in [1.82, 2.24) is 10.3 Å². The average molecular weight is 289 g/mol. The quantitative estimate of drug-likeness (QED) is 0.828. The normalized spacial score (nSPS) is 17.2. The maximum atomic E-state index is 6.24. The molecule has 0 saturated heterocycles. The number of rotatable bonds is 3. The van der Waals surface area contributed by atoms with E-state index in [0.717, 1.165) is 22.5 Å². The summed E-state index contributed by atoms with van der Waals surface area (Å²) in [6, 6.07) is 8.72. The molecule has 1 fully saturated rings. The Balaban J connectivity index is 1.75. The average Bonchev–Trinajstić information content (AvgIpc) is 2.76. The Morgan fingerprint density at radius 3 is 2.70 bits per heavy atom. The first kappa shape index (κ1) is 13.8. The SMILES string of the molecule is Clc1ccc(CNC2CCCCCC2)c2ncccc12. The van der Waals surface area contributed by atoms with Crippen LogP contribution in [0.1, 0.15) is 44.1 Å². The fourth-order valence-corrected chi connectivity index (χ4v) is 3.29. The molecule has 0 spiro atoms. The zero-order valence-electron chi connectivity index (χ0n) is 11.7. The minimum absolute atomic E-state index is 0.659. The van der Waals surface area contributed by atoms with Gasteiger partial charge in [0.1, 0.15) is 0 Å². The molecule has 1 heterocycles. The lowest BCUT2D eigenvalue weighted by Gasteiger charge is -2.17. The molecule has 0 aliphatic heterocycles. The number of nitrogens with one attached hydrogen (secondary N) is 1. The van der Waals surface area contributed by atoms with Gasteiger partial charge in [-0.25, -0.2) is 0 Å². The fourth-order valence-electron chi connectivity index (χ4n) is 3.08. The van der Waals surface area contributed by atoms with Gasteiger partial charge in [-0.2, -0.15) is 0 Å². The number of hydrogen-bond donors (Lipinski definition) is 1. The smallest absolute Gasteiger partial charge is 0.0761 e. The maximum absolute atomic E-state index is 6.24. The van der Waals surface area contributed by atoms with Gasteiger partial charge in [-0.15, -0.1) is 0 Å². The lowest BCUT2D eigenvalue weighted by molar-refractivity contribution is 0.460. The van der Waals surface area contributed by atoms with Crippen molar-refractivity contribution in [3.63, 3.8) is 0 Å². The van der Waals surface area contributed by atoms with Crippen LogP contribution in [0.5, 0.6) is 0 Å². The third-order valence-electron chi connectivity index (χ3n) is 4.24. The lowest BCUT2D eigenvalue weighted by atomic mass is 10.1. The van der Waals surface area contributed by atoms with Crippen LogP contribution in [0, 0.1) is 0 Å². The van der Waals surface area contributed by atoms with Gasteiger partial charge in [0.05, 0.1) is 5.52 Å². The number of benzene rings is 1. The Morgan fingerprint density at radius 1 is 1.10 bits per heavy atom. The van der Waals surface area contributed by atoms with Crippen LogP contribution in [0.25, 0.3) is 10.9 Å². The van der Waals surface area contributed by atoms with Crippen LogP contribution in [0.15, 0.2) is 30.5 Å². The topological polar surface area (TPSA) is 24.9 Å². The number of fused-ring (bicyclic) bond motifs is 1. The molecule has 1 aliphatic rings. The molecule has 3 rings (SSSR count). The summed E-state index contributed by atoms with van der Waals surface area (Å²) in [5, 5.41) is 5.54. The largest absolute Gasteiger partial charge is 0.310 e. The van der Waals surface area contributed by atoms with Crippen LogP contribution < -0.4 is 5.32 Å². The van der Waals surface area contributed by atoms with Crippen LogP contribution in [-0.4, -0.2) is 11.0 Å². The van der Waals surface area contributed by atoms with Gasteiger partial charge in [0.25, 0.3) is 0 Å². The first-order valence-corrected chi connectivity index (χ1v) is 7.98. The van der Waals surface area contributed by atoms with Crippen molar-refractivity contribution in [3.05, 3.63) is 41.0 Å². The third kappa shape index (κ3) is 3.13. The summed E-state index contributed by atoms with van der Waals surface area (Å²) in [5.74, 6) is 0. The zero-order valence-corrected chi connectivity index (χ0v) is 12.5. The summed E-state index contributed by atoms with van der Waals surface area (Å²) in [5.41, 5.74) is 2.27. The highest BCUT2D eigenvalue weighted by atomic mass is 35.5. The molecule has 1 aliphatic carbocycles. The molecule has 1 saturated carbocycles. The van der Waals surface area contributed by atoms with Crippen LogP contribution in [0.2, 0.25) is 5.02 Å². The highest BCUT2D eigenvalue weighted by Gasteiger charge is 2.12. The summed E-state index contributed by atoms with van der Waals surface area (Å²) in [4.78, 5) is 4.50. The molecule has 2 nitrogen and oxygen atoms in total. The minimum atomic E-state index is 0.659. The van der Waals surface area contributed by atoms with Gasteiger partial charge >= 0.3 is 0 Å². The highest BCUT2D eigenvalue weighted by Crippen LogP contribution is 2.25. The molecule has 1 aromatic heterocycles. The molecule has 20 heavy (non-hydrogen) atoms. The van der Waals surface area contributed by atoms with E-state index in [2.05, 4.69) is 16.4 Å². The Kier molecular flexibility index (Phi) is 4.54. The second kappa shape index (κ2) is 6.55. The standard InChI is InChI=1S/C17H21ClN2/c18-16-10-9-13(17-15(16)8-5-11-19-17)12-20-14-6-3-1-2-4-7-14/h5,8-11,14,20H,1-4,6-7,12H2. The summed E-state index contributed by atoms with van der Waals surface area (Å²) in [6.07, 6.45) is 9.95.